The normalized spacial score (nSPS) is 32.8. The fourth-order valence-corrected chi connectivity index (χ4v) is 2.89. The second kappa shape index (κ2) is 4.64. The van der Waals surface area contributed by atoms with Crippen LogP contribution in [0.25, 0.3) is 0 Å². The Kier molecular flexibility index (Phi) is 3.38. The van der Waals surface area contributed by atoms with Gasteiger partial charge in [-0.3, -0.25) is 4.79 Å². The Morgan fingerprint density at radius 1 is 1.35 bits per heavy atom. The molecule has 3 unspecified atom stereocenters. The SMILES string of the molecule is CC(C)[C@H](NC(=O)C1CC2CCC1N2)C(=O)O. The van der Waals surface area contributed by atoms with Crippen molar-refractivity contribution >= 4 is 11.9 Å². The Hall–Kier alpha value is -1.10. The van der Waals surface area contributed by atoms with Crippen LogP contribution in [0.2, 0.25) is 0 Å². The maximum atomic E-state index is 12.0. The summed E-state index contributed by atoms with van der Waals surface area (Å²) in [5, 5.41) is 15.1. The average Bonchev–Trinajstić information content (AvgIpc) is 2.85. The molecule has 0 aromatic heterocycles. The predicted molar refractivity (Wildman–Crippen MR) is 62.5 cm³/mol. The van der Waals surface area contributed by atoms with Crippen molar-refractivity contribution in [3.63, 3.8) is 0 Å². The van der Waals surface area contributed by atoms with Crippen LogP contribution in [0.5, 0.6) is 0 Å². The fourth-order valence-electron chi connectivity index (χ4n) is 2.89. The zero-order chi connectivity index (χ0) is 12.6. The molecule has 2 bridgehead atoms. The van der Waals surface area contributed by atoms with E-state index in [0.29, 0.717) is 6.04 Å². The van der Waals surface area contributed by atoms with Gasteiger partial charge in [-0.25, -0.2) is 4.79 Å². The van der Waals surface area contributed by atoms with Crippen LogP contribution in [0, 0.1) is 11.8 Å². The van der Waals surface area contributed by atoms with E-state index in [2.05, 4.69) is 10.6 Å². The Morgan fingerprint density at radius 2 is 2.06 bits per heavy atom. The minimum absolute atomic E-state index is 0.0469. The maximum absolute atomic E-state index is 12.0. The molecule has 17 heavy (non-hydrogen) atoms. The lowest BCUT2D eigenvalue weighted by Gasteiger charge is -2.24. The summed E-state index contributed by atoms with van der Waals surface area (Å²) < 4.78 is 0. The molecule has 2 rings (SSSR count). The van der Waals surface area contributed by atoms with Crippen LogP contribution in [0.3, 0.4) is 0 Å². The Balaban J connectivity index is 1.94. The van der Waals surface area contributed by atoms with Crippen molar-refractivity contribution in [2.75, 3.05) is 0 Å². The zero-order valence-electron chi connectivity index (χ0n) is 10.3. The van der Waals surface area contributed by atoms with E-state index in [4.69, 9.17) is 5.11 Å². The van der Waals surface area contributed by atoms with Crippen molar-refractivity contribution in [3.05, 3.63) is 0 Å². The summed E-state index contributed by atoms with van der Waals surface area (Å²) in [6.07, 6.45) is 3.02. The monoisotopic (exact) mass is 240 g/mol. The summed E-state index contributed by atoms with van der Waals surface area (Å²) in [6, 6.07) is -0.0682. The summed E-state index contributed by atoms with van der Waals surface area (Å²) in [6.45, 7) is 3.61. The van der Waals surface area contributed by atoms with E-state index in [9.17, 15) is 9.59 Å². The molecule has 5 nitrogen and oxygen atoms in total. The fraction of sp³-hybridized carbons (Fsp3) is 0.833. The Bertz CT molecular complexity index is 330. The molecule has 0 aromatic rings. The lowest BCUT2D eigenvalue weighted by Crippen LogP contribution is -2.48. The van der Waals surface area contributed by atoms with Crippen molar-refractivity contribution in [3.8, 4) is 0 Å². The highest BCUT2D eigenvalue weighted by molar-refractivity contribution is 5.86. The van der Waals surface area contributed by atoms with E-state index in [0.717, 1.165) is 19.3 Å². The van der Waals surface area contributed by atoms with E-state index in [1.807, 2.05) is 0 Å². The lowest BCUT2D eigenvalue weighted by atomic mass is 9.88. The molecule has 4 atom stereocenters. The average molecular weight is 240 g/mol. The van der Waals surface area contributed by atoms with Gasteiger partial charge in [0.15, 0.2) is 0 Å². The molecule has 2 aliphatic heterocycles. The molecule has 0 aromatic carbocycles. The van der Waals surface area contributed by atoms with Gasteiger partial charge in [0.1, 0.15) is 6.04 Å². The zero-order valence-corrected chi connectivity index (χ0v) is 10.3. The number of rotatable bonds is 4. The molecule has 5 heteroatoms. The van der Waals surface area contributed by atoms with Crippen molar-refractivity contribution in [2.45, 2.75) is 51.2 Å². The van der Waals surface area contributed by atoms with Gasteiger partial charge in [-0.1, -0.05) is 13.8 Å². The van der Waals surface area contributed by atoms with E-state index >= 15 is 0 Å². The molecule has 0 aliphatic carbocycles. The van der Waals surface area contributed by atoms with Gasteiger partial charge in [-0.2, -0.15) is 0 Å². The number of hydrogen-bond donors (Lipinski definition) is 3. The first kappa shape index (κ1) is 12.4. The van der Waals surface area contributed by atoms with Crippen molar-refractivity contribution < 1.29 is 14.7 Å². The summed E-state index contributed by atoms with van der Waals surface area (Å²) in [5.41, 5.74) is 0. The highest BCUT2D eigenvalue weighted by Gasteiger charge is 2.43. The maximum Gasteiger partial charge on any atom is 0.326 e. The number of carboxylic acids is 1. The number of fused-ring (bicyclic) bond motifs is 2. The molecule has 2 aliphatic rings. The number of nitrogens with one attached hydrogen (secondary N) is 2. The highest BCUT2D eigenvalue weighted by Crippen LogP contribution is 2.33. The van der Waals surface area contributed by atoms with E-state index in [1.165, 1.54) is 0 Å². The van der Waals surface area contributed by atoms with Crippen LogP contribution >= 0.6 is 0 Å². The first-order valence-electron chi connectivity index (χ1n) is 6.28. The molecular weight excluding hydrogens is 220 g/mol. The number of hydrogen-bond acceptors (Lipinski definition) is 3. The van der Waals surface area contributed by atoms with Gasteiger partial charge in [-0.05, 0) is 25.2 Å². The first-order chi connectivity index (χ1) is 7.99. The van der Waals surface area contributed by atoms with Gasteiger partial charge in [-0.15, -0.1) is 0 Å². The molecule has 0 radical (unpaired) electrons. The van der Waals surface area contributed by atoms with E-state index in [-0.39, 0.29) is 23.8 Å². The first-order valence-corrected chi connectivity index (χ1v) is 6.28. The van der Waals surface area contributed by atoms with Crippen molar-refractivity contribution in [2.24, 2.45) is 11.8 Å². The van der Waals surface area contributed by atoms with Gasteiger partial charge in [0, 0.05) is 12.1 Å². The van der Waals surface area contributed by atoms with Crippen LogP contribution < -0.4 is 10.6 Å². The third kappa shape index (κ3) is 2.44. The molecule has 2 heterocycles. The van der Waals surface area contributed by atoms with Gasteiger partial charge in [0.25, 0.3) is 0 Å². The summed E-state index contributed by atoms with van der Waals surface area (Å²) in [5.74, 6) is -1.20. The topological polar surface area (TPSA) is 78.4 Å². The smallest absolute Gasteiger partial charge is 0.326 e. The van der Waals surface area contributed by atoms with Crippen molar-refractivity contribution in [1.29, 1.82) is 0 Å². The summed E-state index contributed by atoms with van der Waals surface area (Å²) in [7, 11) is 0. The molecular formula is C12H20N2O3. The van der Waals surface area contributed by atoms with Crippen LogP contribution in [0.4, 0.5) is 0 Å². The van der Waals surface area contributed by atoms with Gasteiger partial charge >= 0.3 is 5.97 Å². The largest absolute Gasteiger partial charge is 0.480 e. The van der Waals surface area contributed by atoms with Crippen molar-refractivity contribution in [1.82, 2.24) is 10.6 Å². The number of carbonyl (C=O) groups excluding carboxylic acids is 1. The number of aliphatic carboxylic acids is 1. The minimum atomic E-state index is -0.954. The minimum Gasteiger partial charge on any atom is -0.480 e. The molecule has 0 spiro atoms. The van der Waals surface area contributed by atoms with Gasteiger partial charge < -0.3 is 15.7 Å². The highest BCUT2D eigenvalue weighted by atomic mass is 16.4. The third-order valence-corrected chi connectivity index (χ3v) is 3.87. The number of carbonyl (C=O) groups is 2. The van der Waals surface area contributed by atoms with E-state index in [1.54, 1.807) is 13.8 Å². The standard InChI is InChI=1S/C12H20N2O3/c1-6(2)10(12(16)17)14-11(15)8-5-7-3-4-9(8)13-7/h6-10,13H,3-5H2,1-2H3,(H,14,15)(H,16,17)/t7?,8?,9?,10-/m0/s1. The second-order valence-corrected chi connectivity index (χ2v) is 5.46. The molecule has 96 valence electrons. The molecule has 2 fully saturated rings. The molecule has 2 saturated heterocycles. The number of carboxylic acid groups (broad SMARTS) is 1. The van der Waals surface area contributed by atoms with E-state index < -0.39 is 12.0 Å². The van der Waals surface area contributed by atoms with Gasteiger partial charge in [0.05, 0.1) is 5.92 Å². The quantitative estimate of drug-likeness (QED) is 0.662. The van der Waals surface area contributed by atoms with Crippen LogP contribution in [-0.4, -0.2) is 35.1 Å². The van der Waals surface area contributed by atoms with Gasteiger partial charge in [0.2, 0.25) is 5.91 Å². The molecule has 0 saturated carbocycles. The summed E-state index contributed by atoms with van der Waals surface area (Å²) in [4.78, 5) is 23.1. The number of amides is 1. The Labute approximate surface area is 101 Å². The van der Waals surface area contributed by atoms with Crippen LogP contribution in [0.1, 0.15) is 33.1 Å². The van der Waals surface area contributed by atoms with Crippen LogP contribution in [-0.2, 0) is 9.59 Å². The predicted octanol–water partition coefficient (Wildman–Crippen LogP) is 0.352. The molecule has 3 N–H and O–H groups in total. The summed E-state index contributed by atoms with van der Waals surface area (Å²) >= 11 is 0. The third-order valence-electron chi connectivity index (χ3n) is 3.87. The molecule has 1 amide bonds. The van der Waals surface area contributed by atoms with Crippen LogP contribution in [0.15, 0.2) is 0 Å². The Morgan fingerprint density at radius 3 is 2.47 bits per heavy atom. The lowest BCUT2D eigenvalue weighted by molar-refractivity contribution is -0.143. The second-order valence-electron chi connectivity index (χ2n) is 5.46.